The first-order chi connectivity index (χ1) is 7.70. The summed E-state index contributed by atoms with van der Waals surface area (Å²) >= 11 is 5.87. The number of terminal acetylenes is 1. The molecule has 1 atom stereocenters. The second-order valence-corrected chi connectivity index (χ2v) is 3.78. The van der Waals surface area contributed by atoms with Crippen molar-refractivity contribution in [2.75, 3.05) is 5.32 Å². The number of halogens is 1. The average molecular weight is 236 g/mol. The highest BCUT2D eigenvalue weighted by Gasteiger charge is 2.08. The lowest BCUT2D eigenvalue weighted by molar-refractivity contribution is 0.802. The van der Waals surface area contributed by atoms with Crippen LogP contribution in [0.1, 0.15) is 13.3 Å². The Bertz CT molecular complexity index is 542. The third-order valence-corrected chi connectivity index (χ3v) is 2.23. The highest BCUT2D eigenvalue weighted by atomic mass is 35.5. The van der Waals surface area contributed by atoms with Crippen LogP contribution in [0.25, 0.3) is 5.78 Å². The van der Waals surface area contributed by atoms with Crippen molar-refractivity contribution in [1.29, 1.82) is 0 Å². The summed E-state index contributed by atoms with van der Waals surface area (Å²) in [7, 11) is 0. The fraction of sp³-hybridized carbons (Fsp3) is 0.300. The molecule has 2 heterocycles. The van der Waals surface area contributed by atoms with E-state index in [4.69, 9.17) is 18.0 Å². The van der Waals surface area contributed by atoms with Gasteiger partial charge in [-0.05, 0) is 6.92 Å². The summed E-state index contributed by atoms with van der Waals surface area (Å²) in [5, 5.41) is 7.62. The number of anilines is 1. The number of hydrogen-bond donors (Lipinski definition) is 1. The van der Waals surface area contributed by atoms with E-state index in [0.29, 0.717) is 17.4 Å². The SMILES string of the molecule is C#CCC(C)Nc1cc(Cl)nc2ncnn12. The molecule has 0 aliphatic heterocycles. The van der Waals surface area contributed by atoms with E-state index in [2.05, 4.69) is 26.3 Å². The molecule has 0 bridgehead atoms. The summed E-state index contributed by atoms with van der Waals surface area (Å²) in [6.45, 7) is 1.98. The van der Waals surface area contributed by atoms with Crippen LogP contribution < -0.4 is 5.32 Å². The van der Waals surface area contributed by atoms with Gasteiger partial charge in [-0.25, -0.2) is 0 Å². The number of fused-ring (bicyclic) bond motifs is 1. The molecule has 0 aliphatic carbocycles. The summed E-state index contributed by atoms with van der Waals surface area (Å²) < 4.78 is 1.58. The normalized spacial score (nSPS) is 12.3. The van der Waals surface area contributed by atoms with Crippen molar-refractivity contribution in [2.24, 2.45) is 0 Å². The molecule has 82 valence electrons. The topological polar surface area (TPSA) is 55.1 Å². The minimum absolute atomic E-state index is 0.135. The summed E-state index contributed by atoms with van der Waals surface area (Å²) in [6.07, 6.45) is 7.29. The van der Waals surface area contributed by atoms with Crippen LogP contribution >= 0.6 is 11.6 Å². The Morgan fingerprint density at radius 2 is 2.50 bits per heavy atom. The molecule has 1 N–H and O–H groups in total. The molecule has 0 amide bonds. The van der Waals surface area contributed by atoms with E-state index < -0.39 is 0 Å². The van der Waals surface area contributed by atoms with Gasteiger partial charge >= 0.3 is 0 Å². The van der Waals surface area contributed by atoms with E-state index in [1.54, 1.807) is 10.6 Å². The monoisotopic (exact) mass is 235 g/mol. The van der Waals surface area contributed by atoms with Crippen LogP contribution in [0.4, 0.5) is 5.82 Å². The van der Waals surface area contributed by atoms with Crippen molar-refractivity contribution < 1.29 is 0 Å². The molecule has 2 aromatic rings. The van der Waals surface area contributed by atoms with Gasteiger partial charge in [0.2, 0.25) is 0 Å². The maximum absolute atomic E-state index is 5.87. The maximum Gasteiger partial charge on any atom is 0.255 e. The van der Waals surface area contributed by atoms with Crippen LogP contribution in [0.5, 0.6) is 0 Å². The van der Waals surface area contributed by atoms with E-state index >= 15 is 0 Å². The van der Waals surface area contributed by atoms with Gasteiger partial charge in [-0.2, -0.15) is 19.6 Å². The predicted molar refractivity (Wildman–Crippen MR) is 62.3 cm³/mol. The van der Waals surface area contributed by atoms with Gasteiger partial charge in [0.25, 0.3) is 5.78 Å². The van der Waals surface area contributed by atoms with Crippen molar-refractivity contribution in [3.8, 4) is 12.3 Å². The fourth-order valence-corrected chi connectivity index (χ4v) is 1.55. The van der Waals surface area contributed by atoms with Crippen LogP contribution in [0.3, 0.4) is 0 Å². The third-order valence-electron chi connectivity index (χ3n) is 2.04. The van der Waals surface area contributed by atoms with E-state index in [-0.39, 0.29) is 6.04 Å². The first-order valence-electron chi connectivity index (χ1n) is 4.77. The zero-order valence-corrected chi connectivity index (χ0v) is 9.44. The number of aromatic nitrogens is 4. The quantitative estimate of drug-likeness (QED) is 0.649. The molecule has 0 spiro atoms. The molecule has 2 aromatic heterocycles. The van der Waals surface area contributed by atoms with E-state index in [0.717, 1.165) is 5.82 Å². The molecular formula is C10H10ClN5. The highest BCUT2D eigenvalue weighted by molar-refractivity contribution is 6.29. The van der Waals surface area contributed by atoms with Crippen LogP contribution in [-0.4, -0.2) is 25.6 Å². The first kappa shape index (κ1) is 10.7. The molecule has 0 aromatic carbocycles. The van der Waals surface area contributed by atoms with Gasteiger partial charge < -0.3 is 5.32 Å². The standard InChI is InChI=1S/C10H10ClN5/c1-3-4-7(2)14-9-5-8(11)15-10-12-6-13-16(9)10/h1,5-7,14H,4H2,2H3. The zero-order valence-electron chi connectivity index (χ0n) is 8.68. The van der Waals surface area contributed by atoms with Crippen LogP contribution in [-0.2, 0) is 0 Å². The minimum Gasteiger partial charge on any atom is -0.366 e. The molecule has 0 saturated carbocycles. The third kappa shape index (κ3) is 2.07. The van der Waals surface area contributed by atoms with Crippen molar-refractivity contribution in [2.45, 2.75) is 19.4 Å². The van der Waals surface area contributed by atoms with Gasteiger partial charge in [0.1, 0.15) is 17.3 Å². The van der Waals surface area contributed by atoms with E-state index in [1.165, 1.54) is 6.33 Å². The molecule has 16 heavy (non-hydrogen) atoms. The smallest absolute Gasteiger partial charge is 0.255 e. The van der Waals surface area contributed by atoms with Crippen molar-refractivity contribution in [3.63, 3.8) is 0 Å². The van der Waals surface area contributed by atoms with Crippen molar-refractivity contribution >= 4 is 23.2 Å². The van der Waals surface area contributed by atoms with Crippen LogP contribution in [0.2, 0.25) is 5.15 Å². The Labute approximate surface area is 97.9 Å². The van der Waals surface area contributed by atoms with Gasteiger partial charge in [0.05, 0.1) is 0 Å². The van der Waals surface area contributed by atoms with Gasteiger partial charge in [0, 0.05) is 18.5 Å². The predicted octanol–water partition coefficient (Wildman–Crippen LogP) is 1.60. The van der Waals surface area contributed by atoms with Crippen LogP contribution in [0, 0.1) is 12.3 Å². The Morgan fingerprint density at radius 3 is 3.25 bits per heavy atom. The molecular weight excluding hydrogens is 226 g/mol. The van der Waals surface area contributed by atoms with Crippen molar-refractivity contribution in [3.05, 3.63) is 17.5 Å². The summed E-state index contributed by atoms with van der Waals surface area (Å²) in [6, 6.07) is 1.83. The number of nitrogens with zero attached hydrogens (tertiary/aromatic N) is 4. The molecule has 6 heteroatoms. The zero-order chi connectivity index (χ0) is 11.5. The minimum atomic E-state index is 0.135. The second kappa shape index (κ2) is 4.37. The largest absolute Gasteiger partial charge is 0.366 e. The van der Waals surface area contributed by atoms with E-state index in [9.17, 15) is 0 Å². The average Bonchev–Trinajstić information content (AvgIpc) is 2.65. The molecule has 0 radical (unpaired) electrons. The fourth-order valence-electron chi connectivity index (χ4n) is 1.37. The number of hydrogen-bond acceptors (Lipinski definition) is 4. The number of rotatable bonds is 3. The van der Waals surface area contributed by atoms with Gasteiger partial charge in [-0.1, -0.05) is 11.6 Å². The number of nitrogens with one attached hydrogen (secondary N) is 1. The van der Waals surface area contributed by atoms with Crippen LogP contribution in [0.15, 0.2) is 12.4 Å². The Balaban J connectivity index is 2.36. The molecule has 5 nitrogen and oxygen atoms in total. The lowest BCUT2D eigenvalue weighted by Crippen LogP contribution is -2.17. The highest BCUT2D eigenvalue weighted by Crippen LogP contribution is 2.15. The van der Waals surface area contributed by atoms with Gasteiger partial charge in [-0.3, -0.25) is 0 Å². The summed E-state index contributed by atoms with van der Waals surface area (Å²) in [5.74, 6) is 3.78. The van der Waals surface area contributed by atoms with Gasteiger partial charge in [0.15, 0.2) is 0 Å². The second-order valence-electron chi connectivity index (χ2n) is 3.39. The maximum atomic E-state index is 5.87. The van der Waals surface area contributed by atoms with E-state index in [1.807, 2.05) is 6.92 Å². The Kier molecular flexibility index (Phi) is 2.93. The molecule has 1 unspecified atom stereocenters. The molecule has 0 fully saturated rings. The lowest BCUT2D eigenvalue weighted by atomic mass is 10.2. The summed E-state index contributed by atoms with van der Waals surface area (Å²) in [4.78, 5) is 7.99. The molecule has 0 aliphatic rings. The summed E-state index contributed by atoms with van der Waals surface area (Å²) in [5.41, 5.74) is 0. The lowest BCUT2D eigenvalue weighted by Gasteiger charge is -2.13. The molecule has 2 rings (SSSR count). The van der Waals surface area contributed by atoms with Gasteiger partial charge in [-0.15, -0.1) is 12.3 Å². The van der Waals surface area contributed by atoms with Crippen molar-refractivity contribution in [1.82, 2.24) is 19.6 Å². The first-order valence-corrected chi connectivity index (χ1v) is 5.15. The Morgan fingerprint density at radius 1 is 1.69 bits per heavy atom. The Hall–Kier alpha value is -1.80. The molecule has 0 saturated heterocycles.